The van der Waals surface area contributed by atoms with Crippen molar-refractivity contribution in [1.82, 2.24) is 5.32 Å². The average molecular weight is 277 g/mol. The second kappa shape index (κ2) is 6.07. The number of hydrogen-bond acceptors (Lipinski definition) is 2. The molecule has 0 saturated heterocycles. The van der Waals surface area contributed by atoms with Crippen molar-refractivity contribution in [2.24, 2.45) is 5.41 Å². The van der Waals surface area contributed by atoms with E-state index in [9.17, 15) is 14.7 Å². The highest BCUT2D eigenvalue weighted by Gasteiger charge is 2.40. The van der Waals surface area contributed by atoms with E-state index in [0.29, 0.717) is 12.0 Å². The second-order valence-corrected chi connectivity index (χ2v) is 6.22. The summed E-state index contributed by atoms with van der Waals surface area (Å²) in [6.07, 6.45) is 0.580. The zero-order valence-corrected chi connectivity index (χ0v) is 12.6. The van der Waals surface area contributed by atoms with Gasteiger partial charge < -0.3 is 10.4 Å². The Hall–Kier alpha value is -1.84. The first-order valence-corrected chi connectivity index (χ1v) is 6.81. The molecule has 110 valence electrons. The third kappa shape index (κ3) is 3.83. The minimum atomic E-state index is -1.36. The first-order valence-electron chi connectivity index (χ1n) is 6.81. The van der Waals surface area contributed by atoms with Crippen LogP contribution in [-0.4, -0.2) is 17.0 Å². The molecule has 1 aromatic carbocycles. The van der Waals surface area contributed by atoms with Gasteiger partial charge in [0.05, 0.1) is 0 Å². The highest BCUT2D eigenvalue weighted by atomic mass is 16.4. The molecule has 0 aliphatic carbocycles. The monoisotopic (exact) mass is 277 g/mol. The van der Waals surface area contributed by atoms with E-state index in [2.05, 4.69) is 5.32 Å². The van der Waals surface area contributed by atoms with Gasteiger partial charge >= 0.3 is 5.97 Å². The number of benzene rings is 1. The Morgan fingerprint density at radius 1 is 1.15 bits per heavy atom. The summed E-state index contributed by atoms with van der Waals surface area (Å²) >= 11 is 0. The number of carbonyl (C=O) groups is 2. The number of rotatable bonds is 5. The number of aliphatic carboxylic acids is 1. The lowest BCUT2D eigenvalue weighted by atomic mass is 9.85. The van der Waals surface area contributed by atoms with Gasteiger partial charge in [0.2, 0.25) is 5.91 Å². The summed E-state index contributed by atoms with van der Waals surface area (Å²) in [5.74, 6) is -1.28. The standard InChI is InChI=1S/C16H23NO3/c1-5-16(14(19)20,12-9-7-6-8-10-12)17-13(18)11-15(2,3)4/h6-10H,5,11H2,1-4H3,(H,17,18)(H,19,20). The lowest BCUT2D eigenvalue weighted by Crippen LogP contribution is -2.52. The number of carboxylic acids is 1. The normalized spacial score (nSPS) is 14.4. The molecule has 0 spiro atoms. The highest BCUT2D eigenvalue weighted by Crippen LogP contribution is 2.27. The highest BCUT2D eigenvalue weighted by molar-refractivity contribution is 5.88. The van der Waals surface area contributed by atoms with Crippen LogP contribution in [0.5, 0.6) is 0 Å². The van der Waals surface area contributed by atoms with E-state index in [1.807, 2.05) is 26.8 Å². The molecule has 4 nitrogen and oxygen atoms in total. The Bertz CT molecular complexity index is 476. The van der Waals surface area contributed by atoms with E-state index in [-0.39, 0.29) is 17.7 Å². The van der Waals surface area contributed by atoms with Crippen LogP contribution in [0.2, 0.25) is 0 Å². The first kappa shape index (κ1) is 16.2. The molecule has 0 aliphatic heterocycles. The zero-order valence-electron chi connectivity index (χ0n) is 12.6. The maximum absolute atomic E-state index is 12.1. The summed E-state index contributed by atoms with van der Waals surface area (Å²) in [4.78, 5) is 23.9. The second-order valence-electron chi connectivity index (χ2n) is 6.22. The summed E-state index contributed by atoms with van der Waals surface area (Å²) < 4.78 is 0. The molecule has 1 amide bonds. The fraction of sp³-hybridized carbons (Fsp3) is 0.500. The molecule has 4 heteroatoms. The number of carboxylic acid groups (broad SMARTS) is 1. The Labute approximate surface area is 120 Å². The van der Waals surface area contributed by atoms with Crippen LogP contribution in [0, 0.1) is 5.41 Å². The number of carbonyl (C=O) groups excluding carboxylic acids is 1. The van der Waals surface area contributed by atoms with Crippen LogP contribution in [0.4, 0.5) is 0 Å². The number of amides is 1. The van der Waals surface area contributed by atoms with Gasteiger partial charge in [0, 0.05) is 6.42 Å². The molecule has 1 atom stereocenters. The maximum Gasteiger partial charge on any atom is 0.334 e. The van der Waals surface area contributed by atoms with Crippen LogP contribution in [0.3, 0.4) is 0 Å². The van der Waals surface area contributed by atoms with E-state index < -0.39 is 11.5 Å². The Balaban J connectivity index is 3.08. The molecule has 0 aromatic heterocycles. The van der Waals surface area contributed by atoms with Crippen LogP contribution in [-0.2, 0) is 15.1 Å². The molecule has 0 radical (unpaired) electrons. The summed E-state index contributed by atoms with van der Waals surface area (Å²) in [7, 11) is 0. The molecule has 1 aromatic rings. The van der Waals surface area contributed by atoms with Crippen LogP contribution in [0.25, 0.3) is 0 Å². The Morgan fingerprint density at radius 3 is 2.10 bits per heavy atom. The molecule has 0 heterocycles. The molecule has 1 rings (SSSR count). The smallest absolute Gasteiger partial charge is 0.334 e. The lowest BCUT2D eigenvalue weighted by Gasteiger charge is -2.31. The lowest BCUT2D eigenvalue weighted by molar-refractivity contribution is -0.148. The Morgan fingerprint density at radius 2 is 1.70 bits per heavy atom. The van der Waals surface area contributed by atoms with Crippen molar-refractivity contribution in [2.45, 2.75) is 46.1 Å². The quantitative estimate of drug-likeness (QED) is 0.869. The van der Waals surface area contributed by atoms with Gasteiger partial charge in [-0.15, -0.1) is 0 Å². The van der Waals surface area contributed by atoms with E-state index in [0.717, 1.165) is 0 Å². The van der Waals surface area contributed by atoms with Gasteiger partial charge in [-0.3, -0.25) is 4.79 Å². The van der Waals surface area contributed by atoms with E-state index in [1.165, 1.54) is 0 Å². The van der Waals surface area contributed by atoms with E-state index >= 15 is 0 Å². The van der Waals surface area contributed by atoms with Gasteiger partial charge in [-0.2, -0.15) is 0 Å². The molecule has 1 unspecified atom stereocenters. The molecule has 0 aliphatic rings. The summed E-state index contributed by atoms with van der Waals surface area (Å²) in [6, 6.07) is 8.84. The molecule has 20 heavy (non-hydrogen) atoms. The summed E-state index contributed by atoms with van der Waals surface area (Å²) in [5.41, 5.74) is -0.945. The molecular weight excluding hydrogens is 254 g/mol. The number of hydrogen-bond donors (Lipinski definition) is 2. The van der Waals surface area contributed by atoms with Crippen molar-refractivity contribution in [2.75, 3.05) is 0 Å². The topological polar surface area (TPSA) is 66.4 Å². The predicted octanol–water partition coefficient (Wildman–Crippen LogP) is 2.93. The zero-order chi connectivity index (χ0) is 15.4. The first-order chi connectivity index (χ1) is 9.21. The van der Waals surface area contributed by atoms with Gasteiger partial charge in [-0.05, 0) is 17.4 Å². The molecular formula is C16H23NO3. The summed E-state index contributed by atoms with van der Waals surface area (Å²) in [5, 5.41) is 12.3. The van der Waals surface area contributed by atoms with Gasteiger partial charge in [0.25, 0.3) is 0 Å². The molecule has 0 bridgehead atoms. The average Bonchev–Trinajstić information content (AvgIpc) is 2.34. The van der Waals surface area contributed by atoms with Crippen molar-refractivity contribution in [3.05, 3.63) is 35.9 Å². The molecule has 0 saturated carbocycles. The summed E-state index contributed by atoms with van der Waals surface area (Å²) in [6.45, 7) is 7.61. The molecule has 0 fully saturated rings. The third-order valence-corrected chi connectivity index (χ3v) is 3.21. The van der Waals surface area contributed by atoms with E-state index in [4.69, 9.17) is 0 Å². The van der Waals surface area contributed by atoms with Crippen LogP contribution >= 0.6 is 0 Å². The molecule has 2 N–H and O–H groups in total. The maximum atomic E-state index is 12.1. The van der Waals surface area contributed by atoms with Gasteiger partial charge in [0.1, 0.15) is 0 Å². The van der Waals surface area contributed by atoms with Crippen molar-refractivity contribution in [1.29, 1.82) is 0 Å². The van der Waals surface area contributed by atoms with Crippen LogP contribution < -0.4 is 5.32 Å². The Kier molecular flexibility index (Phi) is 4.93. The van der Waals surface area contributed by atoms with Gasteiger partial charge in [0.15, 0.2) is 5.54 Å². The van der Waals surface area contributed by atoms with Crippen molar-refractivity contribution >= 4 is 11.9 Å². The SMILES string of the molecule is CCC(NC(=O)CC(C)(C)C)(C(=O)O)c1ccccc1. The predicted molar refractivity (Wildman–Crippen MR) is 78.3 cm³/mol. The van der Waals surface area contributed by atoms with Crippen LogP contribution in [0.15, 0.2) is 30.3 Å². The van der Waals surface area contributed by atoms with Crippen LogP contribution in [0.1, 0.15) is 46.1 Å². The minimum absolute atomic E-state index is 0.182. The third-order valence-electron chi connectivity index (χ3n) is 3.21. The fourth-order valence-electron chi connectivity index (χ4n) is 2.18. The minimum Gasteiger partial charge on any atom is -0.479 e. The van der Waals surface area contributed by atoms with Crippen molar-refractivity contribution in [3.63, 3.8) is 0 Å². The fourth-order valence-corrected chi connectivity index (χ4v) is 2.18. The number of nitrogens with one attached hydrogen (secondary N) is 1. The van der Waals surface area contributed by atoms with Gasteiger partial charge in [-0.25, -0.2) is 4.79 Å². The van der Waals surface area contributed by atoms with Crippen molar-refractivity contribution in [3.8, 4) is 0 Å². The van der Waals surface area contributed by atoms with Gasteiger partial charge in [-0.1, -0.05) is 58.0 Å². The largest absolute Gasteiger partial charge is 0.479 e. The van der Waals surface area contributed by atoms with Crippen molar-refractivity contribution < 1.29 is 14.7 Å². The van der Waals surface area contributed by atoms with E-state index in [1.54, 1.807) is 31.2 Å².